The Bertz CT molecular complexity index is 1150. The zero-order valence-corrected chi connectivity index (χ0v) is 16.8. The zero-order valence-electron chi connectivity index (χ0n) is 15.1. The standard InChI is InChI=1S/C25H18O2Se/c26-25-22-15-7-6-14-21(22)24(28-18-11-2-1-3-12-18)23(27-25)20-16-8-10-17-9-4-5-13-19(17)20/h1-16,23-24H/t23-,24+/m0/s1. The molecule has 0 saturated carbocycles. The van der Waals surface area contributed by atoms with E-state index in [0.29, 0.717) is 5.56 Å². The van der Waals surface area contributed by atoms with Gasteiger partial charge in [-0.05, 0) is 0 Å². The maximum atomic E-state index is 12.8. The Morgan fingerprint density at radius 3 is 2.25 bits per heavy atom. The number of rotatable bonds is 3. The van der Waals surface area contributed by atoms with Crippen molar-refractivity contribution >= 4 is 36.2 Å². The van der Waals surface area contributed by atoms with Gasteiger partial charge >= 0.3 is 170 Å². The number of carbonyl (C=O) groups excluding carboxylic acids is 1. The van der Waals surface area contributed by atoms with E-state index in [4.69, 9.17) is 4.74 Å². The van der Waals surface area contributed by atoms with Crippen molar-refractivity contribution in [3.05, 3.63) is 114 Å². The summed E-state index contributed by atoms with van der Waals surface area (Å²) in [6.45, 7) is 0. The molecule has 1 aliphatic rings. The Balaban J connectivity index is 1.68. The molecule has 2 atom stereocenters. The SMILES string of the molecule is O=C1O[C@@H](c2cccc3ccccc23)[C@H]([Se]c2ccccc2)c2ccccc21. The molecule has 4 aromatic carbocycles. The van der Waals surface area contributed by atoms with Crippen LogP contribution in [0, 0.1) is 0 Å². The van der Waals surface area contributed by atoms with E-state index in [-0.39, 0.29) is 31.8 Å². The van der Waals surface area contributed by atoms with Crippen molar-refractivity contribution < 1.29 is 9.53 Å². The summed E-state index contributed by atoms with van der Waals surface area (Å²) in [6.07, 6.45) is -0.284. The van der Waals surface area contributed by atoms with Crippen molar-refractivity contribution in [1.29, 1.82) is 0 Å². The fraction of sp³-hybridized carbons (Fsp3) is 0.0800. The van der Waals surface area contributed by atoms with Crippen LogP contribution in [0.25, 0.3) is 10.8 Å². The minimum absolute atomic E-state index is 0.125. The molecular formula is C25H18O2Se. The fourth-order valence-electron chi connectivity index (χ4n) is 3.83. The average molecular weight is 429 g/mol. The van der Waals surface area contributed by atoms with Gasteiger partial charge in [-0.1, -0.05) is 0 Å². The molecule has 0 amide bonds. The summed E-state index contributed by atoms with van der Waals surface area (Å²) in [5.41, 5.74) is 2.88. The molecule has 28 heavy (non-hydrogen) atoms. The van der Waals surface area contributed by atoms with Gasteiger partial charge in [0.2, 0.25) is 0 Å². The second-order valence-corrected chi connectivity index (χ2v) is 9.38. The normalized spacial score (nSPS) is 18.5. The number of fused-ring (bicyclic) bond motifs is 2. The van der Waals surface area contributed by atoms with Crippen molar-refractivity contribution in [2.75, 3.05) is 0 Å². The molecule has 0 fully saturated rings. The van der Waals surface area contributed by atoms with Crippen LogP contribution >= 0.6 is 0 Å². The number of cyclic esters (lactones) is 1. The Kier molecular flexibility index (Phi) is 4.48. The number of hydrogen-bond acceptors (Lipinski definition) is 2. The summed E-state index contributed by atoms with van der Waals surface area (Å²) in [6, 6.07) is 33.0. The molecule has 0 saturated heterocycles. The van der Waals surface area contributed by atoms with Gasteiger partial charge in [0.05, 0.1) is 0 Å². The molecule has 1 heterocycles. The molecule has 136 valence electrons. The third-order valence-corrected chi connectivity index (χ3v) is 7.86. The van der Waals surface area contributed by atoms with E-state index in [2.05, 4.69) is 60.7 Å². The Morgan fingerprint density at radius 1 is 0.679 bits per heavy atom. The van der Waals surface area contributed by atoms with Crippen molar-refractivity contribution in [3.63, 3.8) is 0 Å². The van der Waals surface area contributed by atoms with E-state index in [1.54, 1.807) is 0 Å². The van der Waals surface area contributed by atoms with Crippen LogP contribution in [0.3, 0.4) is 0 Å². The fourth-order valence-corrected chi connectivity index (χ4v) is 6.49. The Morgan fingerprint density at radius 2 is 1.36 bits per heavy atom. The van der Waals surface area contributed by atoms with E-state index in [0.717, 1.165) is 16.5 Å². The first kappa shape index (κ1) is 17.2. The molecule has 0 bridgehead atoms. The van der Waals surface area contributed by atoms with E-state index in [9.17, 15) is 4.79 Å². The number of carbonyl (C=O) groups is 1. The predicted octanol–water partition coefficient (Wildman–Crippen LogP) is 4.82. The third kappa shape index (κ3) is 3.03. The molecule has 0 unspecified atom stereocenters. The van der Waals surface area contributed by atoms with Crippen molar-refractivity contribution in [2.24, 2.45) is 0 Å². The van der Waals surface area contributed by atoms with Gasteiger partial charge in [-0.15, -0.1) is 0 Å². The molecule has 0 aliphatic carbocycles. The summed E-state index contributed by atoms with van der Waals surface area (Å²) in [4.78, 5) is 12.9. The van der Waals surface area contributed by atoms with Gasteiger partial charge < -0.3 is 0 Å². The van der Waals surface area contributed by atoms with Crippen LogP contribution in [-0.4, -0.2) is 20.9 Å². The monoisotopic (exact) mass is 430 g/mol. The molecule has 2 nitrogen and oxygen atoms in total. The second kappa shape index (κ2) is 7.27. The molecule has 3 heteroatoms. The number of ether oxygens (including phenoxy) is 1. The van der Waals surface area contributed by atoms with Crippen LogP contribution in [0.5, 0.6) is 0 Å². The van der Waals surface area contributed by atoms with Crippen molar-refractivity contribution in [1.82, 2.24) is 0 Å². The minimum atomic E-state index is -0.284. The van der Waals surface area contributed by atoms with Crippen LogP contribution in [0.4, 0.5) is 0 Å². The van der Waals surface area contributed by atoms with E-state index in [1.807, 2.05) is 36.4 Å². The first-order valence-electron chi connectivity index (χ1n) is 9.30. The average Bonchev–Trinajstić information content (AvgIpc) is 2.76. The van der Waals surface area contributed by atoms with Gasteiger partial charge in [0.1, 0.15) is 0 Å². The van der Waals surface area contributed by atoms with Gasteiger partial charge in [-0.25, -0.2) is 0 Å². The van der Waals surface area contributed by atoms with E-state index in [1.165, 1.54) is 9.85 Å². The predicted molar refractivity (Wildman–Crippen MR) is 113 cm³/mol. The Hall–Kier alpha value is -2.87. The second-order valence-electron chi connectivity index (χ2n) is 6.83. The van der Waals surface area contributed by atoms with E-state index >= 15 is 0 Å². The van der Waals surface area contributed by atoms with Crippen molar-refractivity contribution in [2.45, 2.75) is 10.9 Å². The Labute approximate surface area is 170 Å². The summed E-state index contributed by atoms with van der Waals surface area (Å²) in [5.74, 6) is -0.228. The summed E-state index contributed by atoms with van der Waals surface area (Å²) in [7, 11) is 0. The first-order chi connectivity index (χ1) is 13.8. The molecule has 0 spiro atoms. The number of hydrogen-bond donors (Lipinski definition) is 0. The van der Waals surface area contributed by atoms with Gasteiger partial charge in [0.25, 0.3) is 0 Å². The third-order valence-electron chi connectivity index (χ3n) is 5.13. The van der Waals surface area contributed by atoms with Crippen LogP contribution in [0.15, 0.2) is 97.1 Å². The molecule has 0 N–H and O–H groups in total. The molecule has 0 aromatic heterocycles. The first-order valence-corrected chi connectivity index (χ1v) is 11.1. The van der Waals surface area contributed by atoms with Crippen LogP contribution in [0.2, 0.25) is 0 Å². The van der Waals surface area contributed by atoms with Gasteiger partial charge in [0, 0.05) is 0 Å². The van der Waals surface area contributed by atoms with Crippen LogP contribution in [-0.2, 0) is 4.74 Å². The van der Waals surface area contributed by atoms with Crippen LogP contribution in [0.1, 0.15) is 32.4 Å². The van der Waals surface area contributed by atoms with Gasteiger partial charge in [0.15, 0.2) is 0 Å². The van der Waals surface area contributed by atoms with E-state index < -0.39 is 0 Å². The molecule has 0 radical (unpaired) electrons. The molecule has 5 rings (SSSR count). The number of benzene rings is 4. The maximum absolute atomic E-state index is 12.8. The quantitative estimate of drug-likeness (QED) is 0.345. The summed E-state index contributed by atoms with van der Waals surface area (Å²) < 4.78 is 7.37. The van der Waals surface area contributed by atoms with Crippen molar-refractivity contribution in [3.8, 4) is 0 Å². The topological polar surface area (TPSA) is 26.3 Å². The molecule has 1 aliphatic heterocycles. The zero-order chi connectivity index (χ0) is 18.9. The molecule has 4 aromatic rings. The number of esters is 1. The van der Waals surface area contributed by atoms with Gasteiger partial charge in [-0.3, -0.25) is 0 Å². The van der Waals surface area contributed by atoms with Gasteiger partial charge in [-0.2, -0.15) is 0 Å². The summed E-state index contributed by atoms with van der Waals surface area (Å²) >= 11 is 0.125. The molecular weight excluding hydrogens is 411 g/mol. The van der Waals surface area contributed by atoms with Crippen LogP contribution < -0.4 is 4.46 Å². The summed E-state index contributed by atoms with van der Waals surface area (Å²) in [5, 5.41) is 2.32.